The number of benzene rings is 1. The molecule has 4 bridgehead atoms. The normalized spacial score (nSPS) is 33.9. The largest absolute Gasteiger partial charge is 0.497 e. The van der Waals surface area contributed by atoms with Gasteiger partial charge >= 0.3 is 0 Å². The van der Waals surface area contributed by atoms with E-state index < -0.39 is 0 Å². The van der Waals surface area contributed by atoms with Crippen LogP contribution in [0.2, 0.25) is 0 Å². The van der Waals surface area contributed by atoms with Crippen molar-refractivity contribution in [1.29, 1.82) is 0 Å². The first kappa shape index (κ1) is 17.3. The van der Waals surface area contributed by atoms with Crippen LogP contribution in [0.4, 0.5) is 0 Å². The minimum atomic E-state index is 0.0366. The van der Waals surface area contributed by atoms with Crippen molar-refractivity contribution in [1.82, 2.24) is 5.32 Å². The van der Waals surface area contributed by atoms with Crippen molar-refractivity contribution >= 4 is 17.7 Å². The minimum Gasteiger partial charge on any atom is -0.497 e. The summed E-state index contributed by atoms with van der Waals surface area (Å²) in [6.07, 6.45) is 8.41. The SMILES string of the molecule is COc1ccc(CNC(=O)[C@H](C)SC23CC4CC(CC(C4)C2)C3)cc1. The predicted molar refractivity (Wildman–Crippen MR) is 103 cm³/mol. The molecule has 0 aromatic heterocycles. The first-order valence-electron chi connectivity index (χ1n) is 9.64. The Labute approximate surface area is 155 Å². The van der Waals surface area contributed by atoms with Crippen LogP contribution in [0, 0.1) is 17.8 Å². The average Bonchev–Trinajstić information content (AvgIpc) is 2.58. The van der Waals surface area contributed by atoms with Gasteiger partial charge in [-0.05, 0) is 80.9 Å². The Morgan fingerprint density at radius 3 is 2.24 bits per heavy atom. The first-order valence-corrected chi connectivity index (χ1v) is 10.5. The summed E-state index contributed by atoms with van der Waals surface area (Å²) >= 11 is 1.97. The van der Waals surface area contributed by atoms with Crippen molar-refractivity contribution in [3.63, 3.8) is 0 Å². The average molecular weight is 360 g/mol. The molecule has 0 saturated heterocycles. The van der Waals surface area contributed by atoms with Crippen LogP contribution in [-0.2, 0) is 11.3 Å². The van der Waals surface area contributed by atoms with Gasteiger partial charge in [0.05, 0.1) is 12.4 Å². The van der Waals surface area contributed by atoms with Crippen LogP contribution in [0.25, 0.3) is 0 Å². The lowest BCUT2D eigenvalue weighted by molar-refractivity contribution is -0.120. The highest BCUT2D eigenvalue weighted by Gasteiger charge is 2.52. The molecular weight excluding hydrogens is 330 g/mol. The fourth-order valence-electron chi connectivity index (χ4n) is 5.68. The highest BCUT2D eigenvalue weighted by Crippen LogP contribution is 2.61. The van der Waals surface area contributed by atoms with Crippen molar-refractivity contribution in [3.8, 4) is 5.75 Å². The number of nitrogens with one attached hydrogen (secondary N) is 1. The van der Waals surface area contributed by atoms with E-state index in [-0.39, 0.29) is 11.2 Å². The molecule has 1 amide bonds. The Bertz CT molecular complexity index is 592. The second-order valence-corrected chi connectivity index (χ2v) is 10.2. The van der Waals surface area contributed by atoms with E-state index in [1.807, 2.05) is 36.0 Å². The highest BCUT2D eigenvalue weighted by molar-refractivity contribution is 8.01. The molecule has 4 fully saturated rings. The number of rotatable bonds is 6. The second-order valence-electron chi connectivity index (χ2n) is 8.43. The van der Waals surface area contributed by atoms with Crippen LogP contribution in [0.3, 0.4) is 0 Å². The zero-order valence-corrected chi connectivity index (χ0v) is 16.1. The zero-order chi connectivity index (χ0) is 17.4. The summed E-state index contributed by atoms with van der Waals surface area (Å²) < 4.78 is 5.57. The highest BCUT2D eigenvalue weighted by atomic mass is 32.2. The Balaban J connectivity index is 1.31. The number of carbonyl (C=O) groups excluding carboxylic acids is 1. The van der Waals surface area contributed by atoms with Crippen molar-refractivity contribution in [2.24, 2.45) is 17.8 Å². The molecule has 0 spiro atoms. The van der Waals surface area contributed by atoms with Gasteiger partial charge < -0.3 is 10.1 Å². The Hall–Kier alpha value is -1.16. The van der Waals surface area contributed by atoms with Crippen LogP contribution in [0.5, 0.6) is 5.75 Å². The van der Waals surface area contributed by atoms with Gasteiger partial charge in [0, 0.05) is 11.3 Å². The number of carbonyl (C=O) groups is 1. The third-order valence-corrected chi connectivity index (χ3v) is 7.97. The van der Waals surface area contributed by atoms with Crippen molar-refractivity contribution in [2.45, 2.75) is 62.0 Å². The molecule has 5 rings (SSSR count). The number of hydrogen-bond acceptors (Lipinski definition) is 3. The monoisotopic (exact) mass is 359 g/mol. The molecule has 4 saturated carbocycles. The summed E-state index contributed by atoms with van der Waals surface area (Å²) in [6.45, 7) is 2.68. The quantitative estimate of drug-likeness (QED) is 0.818. The molecule has 1 aromatic carbocycles. The predicted octanol–water partition coefficient (Wildman–Crippen LogP) is 4.40. The molecule has 4 aliphatic rings. The third kappa shape index (κ3) is 3.69. The van der Waals surface area contributed by atoms with Gasteiger partial charge in [-0.2, -0.15) is 0 Å². The van der Waals surface area contributed by atoms with Gasteiger partial charge in [0.25, 0.3) is 0 Å². The standard InChI is InChI=1S/C21H29NO2S/c1-14(20(23)22-13-15-3-5-19(24-2)6-4-15)25-21-10-16-7-17(11-21)9-18(8-16)12-21/h3-6,14,16-18H,7-13H2,1-2H3,(H,22,23)/t14-,16?,17?,18?,21?/m0/s1. The molecule has 136 valence electrons. The third-order valence-electron chi connectivity index (χ3n) is 6.40. The van der Waals surface area contributed by atoms with E-state index in [1.54, 1.807) is 7.11 Å². The lowest BCUT2D eigenvalue weighted by Crippen LogP contribution is -2.50. The van der Waals surface area contributed by atoms with Gasteiger partial charge in [-0.15, -0.1) is 11.8 Å². The van der Waals surface area contributed by atoms with Gasteiger partial charge in [0.2, 0.25) is 5.91 Å². The topological polar surface area (TPSA) is 38.3 Å². The van der Waals surface area contributed by atoms with Gasteiger partial charge in [-0.1, -0.05) is 12.1 Å². The minimum absolute atomic E-state index is 0.0366. The van der Waals surface area contributed by atoms with E-state index in [0.717, 1.165) is 29.1 Å². The zero-order valence-electron chi connectivity index (χ0n) is 15.3. The second kappa shape index (κ2) is 6.86. The van der Waals surface area contributed by atoms with Gasteiger partial charge in [0.1, 0.15) is 5.75 Å². The Morgan fingerprint density at radius 2 is 1.72 bits per heavy atom. The molecular formula is C21H29NO2S. The maximum atomic E-state index is 12.6. The fourth-order valence-corrected chi connectivity index (χ4v) is 7.62. The Kier molecular flexibility index (Phi) is 4.74. The summed E-state index contributed by atoms with van der Waals surface area (Å²) in [5, 5.41) is 3.15. The number of thioether (sulfide) groups is 1. The molecule has 0 heterocycles. The summed E-state index contributed by atoms with van der Waals surface area (Å²) in [4.78, 5) is 12.6. The molecule has 1 aromatic rings. The molecule has 1 N–H and O–H groups in total. The van der Waals surface area contributed by atoms with Gasteiger partial charge in [-0.25, -0.2) is 0 Å². The molecule has 4 heteroatoms. The van der Waals surface area contributed by atoms with Gasteiger partial charge in [-0.3, -0.25) is 4.79 Å². The summed E-state index contributed by atoms with van der Waals surface area (Å²) in [6, 6.07) is 7.90. The molecule has 25 heavy (non-hydrogen) atoms. The van der Waals surface area contributed by atoms with E-state index in [4.69, 9.17) is 4.74 Å². The van der Waals surface area contributed by atoms with Crippen molar-refractivity contribution in [2.75, 3.05) is 7.11 Å². The van der Waals surface area contributed by atoms with Crippen LogP contribution in [-0.4, -0.2) is 23.0 Å². The maximum Gasteiger partial charge on any atom is 0.233 e. The number of amides is 1. The van der Waals surface area contributed by atoms with Crippen molar-refractivity contribution in [3.05, 3.63) is 29.8 Å². The maximum absolute atomic E-state index is 12.6. The first-order chi connectivity index (χ1) is 12.0. The fraction of sp³-hybridized carbons (Fsp3) is 0.667. The molecule has 3 nitrogen and oxygen atoms in total. The van der Waals surface area contributed by atoms with Crippen molar-refractivity contribution < 1.29 is 9.53 Å². The molecule has 4 aliphatic carbocycles. The van der Waals surface area contributed by atoms with E-state index in [1.165, 1.54) is 38.5 Å². The Morgan fingerprint density at radius 1 is 1.16 bits per heavy atom. The summed E-state index contributed by atoms with van der Waals surface area (Å²) in [7, 11) is 1.67. The van der Waals surface area contributed by atoms with Crippen LogP contribution in [0.15, 0.2) is 24.3 Å². The summed E-state index contributed by atoms with van der Waals surface area (Å²) in [5.74, 6) is 3.84. The van der Waals surface area contributed by atoms with Crippen LogP contribution >= 0.6 is 11.8 Å². The lowest BCUT2D eigenvalue weighted by Gasteiger charge is -2.57. The van der Waals surface area contributed by atoms with E-state index in [0.29, 0.717) is 11.3 Å². The van der Waals surface area contributed by atoms with Crippen LogP contribution < -0.4 is 10.1 Å². The smallest absolute Gasteiger partial charge is 0.233 e. The summed E-state index contributed by atoms with van der Waals surface area (Å²) in [5.41, 5.74) is 1.11. The van der Waals surface area contributed by atoms with E-state index in [2.05, 4.69) is 12.2 Å². The molecule has 1 atom stereocenters. The molecule has 0 unspecified atom stereocenters. The number of ether oxygens (including phenoxy) is 1. The van der Waals surface area contributed by atoms with E-state index >= 15 is 0 Å². The number of hydrogen-bond donors (Lipinski definition) is 1. The lowest BCUT2D eigenvalue weighted by atomic mass is 9.56. The van der Waals surface area contributed by atoms with E-state index in [9.17, 15) is 4.79 Å². The van der Waals surface area contributed by atoms with Gasteiger partial charge in [0.15, 0.2) is 0 Å². The molecule has 0 radical (unpaired) electrons. The van der Waals surface area contributed by atoms with Crippen LogP contribution in [0.1, 0.15) is 51.0 Å². The number of methoxy groups -OCH3 is 1. The molecule has 0 aliphatic heterocycles.